The van der Waals surface area contributed by atoms with Crippen molar-refractivity contribution in [2.45, 2.75) is 38.4 Å². The molecule has 0 bridgehead atoms. The van der Waals surface area contributed by atoms with E-state index in [1.807, 2.05) is 0 Å². The van der Waals surface area contributed by atoms with Crippen LogP contribution in [0.4, 0.5) is 22.7 Å². The predicted molar refractivity (Wildman–Crippen MR) is 138 cm³/mol. The molecule has 0 saturated heterocycles. The molecule has 0 amide bonds. The fourth-order valence-corrected chi connectivity index (χ4v) is 4.54. The minimum Gasteiger partial charge on any atom is -0.489 e. The normalized spacial score (nSPS) is 16.8. The van der Waals surface area contributed by atoms with Gasteiger partial charge in [0.05, 0.1) is 17.9 Å². The van der Waals surface area contributed by atoms with Crippen LogP contribution in [0.5, 0.6) is 11.5 Å². The minimum absolute atomic E-state index is 0.0190. The molecule has 172 valence electrons. The summed E-state index contributed by atoms with van der Waals surface area (Å²) in [5.41, 5.74) is 5.58. The summed E-state index contributed by atoms with van der Waals surface area (Å²) in [6.07, 6.45) is 2.07. The average Bonchev–Trinajstić information content (AvgIpc) is 3.27. The first-order valence-electron chi connectivity index (χ1n) is 11.4. The Hall–Kier alpha value is -2.99. The molecule has 2 N–H and O–H groups in total. The summed E-state index contributed by atoms with van der Waals surface area (Å²) in [7, 11) is 0. The quantitative estimate of drug-likeness (QED) is 0.411. The number of nitrogens with zero attached hydrogens (tertiary/aromatic N) is 1. The molecule has 0 fully saturated rings. The first-order valence-corrected chi connectivity index (χ1v) is 12.6. The van der Waals surface area contributed by atoms with E-state index < -0.39 is 0 Å². The van der Waals surface area contributed by atoms with E-state index >= 15 is 0 Å². The Kier molecular flexibility index (Phi) is 5.79. The fraction of sp³-hybridized carbons (Fsp3) is 0.333. The molecule has 0 radical (unpaired) electrons. The van der Waals surface area contributed by atoms with Crippen LogP contribution in [0.1, 0.15) is 26.3 Å². The van der Waals surface area contributed by atoms with E-state index in [0.717, 1.165) is 47.3 Å². The Balaban J connectivity index is 1.32. The Morgan fingerprint density at radius 2 is 1.85 bits per heavy atom. The van der Waals surface area contributed by atoms with E-state index in [-0.39, 0.29) is 11.6 Å². The summed E-state index contributed by atoms with van der Waals surface area (Å²) < 4.78 is 12.2. The van der Waals surface area contributed by atoms with E-state index in [4.69, 9.17) is 9.47 Å². The van der Waals surface area contributed by atoms with Crippen molar-refractivity contribution in [2.75, 3.05) is 34.9 Å². The van der Waals surface area contributed by atoms with Crippen LogP contribution in [0.15, 0.2) is 65.6 Å². The summed E-state index contributed by atoms with van der Waals surface area (Å²) >= 11 is 1.76. The van der Waals surface area contributed by atoms with Gasteiger partial charge in [0.25, 0.3) is 0 Å². The van der Waals surface area contributed by atoms with Crippen molar-refractivity contribution < 1.29 is 9.47 Å². The van der Waals surface area contributed by atoms with Crippen LogP contribution in [0, 0.1) is 5.41 Å². The van der Waals surface area contributed by atoms with Gasteiger partial charge in [0.2, 0.25) is 0 Å². The van der Waals surface area contributed by atoms with E-state index in [2.05, 4.69) is 103 Å². The first kappa shape index (κ1) is 21.8. The van der Waals surface area contributed by atoms with Crippen molar-refractivity contribution in [3.8, 4) is 11.5 Å². The second-order valence-corrected chi connectivity index (χ2v) is 10.5. The lowest BCUT2D eigenvalue weighted by atomic mass is 9.94. The smallest absolute Gasteiger partial charge is 0.175 e. The summed E-state index contributed by atoms with van der Waals surface area (Å²) in [6, 6.07) is 21.4. The van der Waals surface area contributed by atoms with Gasteiger partial charge >= 0.3 is 0 Å². The third-order valence-corrected chi connectivity index (χ3v) is 6.82. The number of hydrogen-bond acceptors (Lipinski definition) is 6. The van der Waals surface area contributed by atoms with Gasteiger partial charge in [-0.2, -0.15) is 0 Å². The van der Waals surface area contributed by atoms with Gasteiger partial charge in [-0.3, -0.25) is 0 Å². The molecule has 2 heterocycles. The third kappa shape index (κ3) is 4.58. The number of rotatable bonds is 5. The predicted octanol–water partition coefficient (Wildman–Crippen LogP) is 6.73. The summed E-state index contributed by atoms with van der Waals surface area (Å²) in [4.78, 5) is 3.58. The van der Waals surface area contributed by atoms with Gasteiger partial charge < -0.3 is 25.0 Å². The number of ether oxygens (including phenoxy) is 2. The van der Waals surface area contributed by atoms with Gasteiger partial charge in [0, 0.05) is 40.4 Å². The van der Waals surface area contributed by atoms with Gasteiger partial charge in [0.15, 0.2) is 6.23 Å². The standard InChI is InChI=1S/C27H31N3O2S/c1-27(2,3)26-29-22-11-8-20(16-24(22)32-26)30-13-14-31-25-15-19(7-12-23(25)30)28-17-18-5-9-21(33-4)10-6-18/h5-12,15-16,26,28-29H,13-14,17H2,1-4H3. The zero-order valence-electron chi connectivity index (χ0n) is 19.6. The minimum atomic E-state index is -0.0229. The highest BCUT2D eigenvalue weighted by Gasteiger charge is 2.33. The van der Waals surface area contributed by atoms with Crippen LogP contribution >= 0.6 is 11.8 Å². The number of hydrogen-bond donors (Lipinski definition) is 2. The molecule has 0 spiro atoms. The number of nitrogens with one attached hydrogen (secondary N) is 2. The molecule has 1 unspecified atom stereocenters. The highest BCUT2D eigenvalue weighted by molar-refractivity contribution is 7.98. The van der Waals surface area contributed by atoms with E-state index in [0.29, 0.717) is 6.61 Å². The molecule has 3 aromatic rings. The van der Waals surface area contributed by atoms with E-state index in [1.54, 1.807) is 11.8 Å². The number of benzene rings is 3. The maximum atomic E-state index is 6.22. The van der Waals surface area contributed by atoms with Crippen molar-refractivity contribution in [1.82, 2.24) is 0 Å². The maximum Gasteiger partial charge on any atom is 0.175 e. The Bertz CT molecular complexity index is 1140. The van der Waals surface area contributed by atoms with Gasteiger partial charge in [0.1, 0.15) is 18.1 Å². The topological polar surface area (TPSA) is 45.8 Å². The van der Waals surface area contributed by atoms with Gasteiger partial charge in [-0.05, 0) is 48.2 Å². The molecule has 2 aliphatic rings. The fourth-order valence-electron chi connectivity index (χ4n) is 4.13. The molecule has 5 rings (SSSR count). The molecule has 2 aliphatic heterocycles. The number of fused-ring (bicyclic) bond motifs is 2. The van der Waals surface area contributed by atoms with E-state index in [1.165, 1.54) is 10.5 Å². The van der Waals surface area contributed by atoms with Crippen LogP contribution in [0.2, 0.25) is 0 Å². The summed E-state index contributed by atoms with van der Waals surface area (Å²) in [6.45, 7) is 8.77. The molecule has 6 heteroatoms. The highest BCUT2D eigenvalue weighted by atomic mass is 32.2. The monoisotopic (exact) mass is 461 g/mol. The lowest BCUT2D eigenvalue weighted by Crippen LogP contribution is -2.35. The molecule has 1 atom stereocenters. The Morgan fingerprint density at radius 1 is 1.03 bits per heavy atom. The second-order valence-electron chi connectivity index (χ2n) is 9.57. The molecular formula is C27H31N3O2S. The van der Waals surface area contributed by atoms with Crippen LogP contribution in [0.25, 0.3) is 0 Å². The highest BCUT2D eigenvalue weighted by Crippen LogP contribution is 2.43. The van der Waals surface area contributed by atoms with Crippen molar-refractivity contribution in [1.29, 1.82) is 0 Å². The summed E-state index contributed by atoms with van der Waals surface area (Å²) in [5, 5.41) is 7.01. The summed E-state index contributed by atoms with van der Waals surface area (Å²) in [5.74, 6) is 1.81. The van der Waals surface area contributed by atoms with Crippen LogP contribution in [0.3, 0.4) is 0 Å². The van der Waals surface area contributed by atoms with Crippen molar-refractivity contribution in [3.63, 3.8) is 0 Å². The van der Waals surface area contributed by atoms with Gasteiger partial charge in [-0.1, -0.05) is 32.9 Å². The van der Waals surface area contributed by atoms with Gasteiger partial charge in [-0.25, -0.2) is 0 Å². The van der Waals surface area contributed by atoms with Crippen LogP contribution in [-0.4, -0.2) is 25.6 Å². The zero-order chi connectivity index (χ0) is 23.0. The molecule has 3 aromatic carbocycles. The molecule has 0 aromatic heterocycles. The number of anilines is 4. The molecule has 5 nitrogen and oxygen atoms in total. The second kappa shape index (κ2) is 8.75. The number of thioether (sulfide) groups is 1. The van der Waals surface area contributed by atoms with Crippen LogP contribution in [-0.2, 0) is 6.54 Å². The Labute approximate surface area is 200 Å². The third-order valence-electron chi connectivity index (χ3n) is 6.07. The SMILES string of the molecule is CSc1ccc(CNc2ccc3c(c2)OCCN3c2ccc3c(c2)OC(C(C)(C)C)N3)cc1. The average molecular weight is 462 g/mol. The molecular weight excluding hydrogens is 430 g/mol. The zero-order valence-corrected chi connectivity index (χ0v) is 20.5. The lowest BCUT2D eigenvalue weighted by molar-refractivity contribution is 0.127. The first-order chi connectivity index (χ1) is 15.9. The molecule has 0 aliphatic carbocycles. The van der Waals surface area contributed by atoms with Gasteiger partial charge in [-0.15, -0.1) is 11.8 Å². The van der Waals surface area contributed by atoms with Crippen molar-refractivity contribution in [2.24, 2.45) is 5.41 Å². The maximum absolute atomic E-state index is 6.22. The van der Waals surface area contributed by atoms with E-state index in [9.17, 15) is 0 Å². The molecule has 0 saturated carbocycles. The Morgan fingerprint density at radius 3 is 2.61 bits per heavy atom. The van der Waals surface area contributed by atoms with Crippen molar-refractivity contribution >= 4 is 34.5 Å². The van der Waals surface area contributed by atoms with Crippen molar-refractivity contribution in [3.05, 3.63) is 66.2 Å². The largest absolute Gasteiger partial charge is 0.489 e. The lowest BCUT2D eigenvalue weighted by Gasteiger charge is -2.32. The molecule has 33 heavy (non-hydrogen) atoms. The van der Waals surface area contributed by atoms with Crippen LogP contribution < -0.4 is 25.0 Å².